The van der Waals surface area contributed by atoms with E-state index < -0.39 is 28.5 Å². The van der Waals surface area contributed by atoms with E-state index in [4.69, 9.17) is 26.8 Å². The number of ether oxygens (including phenoxy) is 2. The molecule has 1 atom stereocenters. The van der Waals surface area contributed by atoms with Crippen LogP contribution in [0.4, 0.5) is 14.6 Å². The first-order valence-electron chi connectivity index (χ1n) is 9.95. The third-order valence-corrected chi connectivity index (χ3v) is 5.68. The fourth-order valence-corrected chi connectivity index (χ4v) is 3.44. The van der Waals surface area contributed by atoms with Crippen LogP contribution >= 0.6 is 11.6 Å². The Labute approximate surface area is 193 Å². The number of hydrogen-bond donors (Lipinski definition) is 1. The van der Waals surface area contributed by atoms with Crippen LogP contribution in [0.1, 0.15) is 32.7 Å². The van der Waals surface area contributed by atoms with Crippen LogP contribution in [0.3, 0.4) is 0 Å². The summed E-state index contributed by atoms with van der Waals surface area (Å²) in [4.78, 5) is 12.6. The fraction of sp³-hybridized carbons (Fsp3) is 0.273. The van der Waals surface area contributed by atoms with Gasteiger partial charge in [0.1, 0.15) is 35.1 Å². The zero-order valence-corrected chi connectivity index (χ0v) is 19.1. The summed E-state index contributed by atoms with van der Waals surface area (Å²) in [5.41, 5.74) is 6.21. The molecule has 2 aromatic heterocycles. The number of anilines is 1. The van der Waals surface area contributed by atoms with E-state index in [0.717, 1.165) is 6.07 Å². The predicted octanol–water partition coefficient (Wildman–Crippen LogP) is 4.88. The molecule has 0 aliphatic carbocycles. The Hall–Kier alpha value is -3.37. The number of aromatic nitrogens is 5. The van der Waals surface area contributed by atoms with E-state index in [1.165, 1.54) is 12.4 Å². The summed E-state index contributed by atoms with van der Waals surface area (Å²) < 4.78 is 41.5. The van der Waals surface area contributed by atoms with Crippen LogP contribution in [-0.2, 0) is 10.5 Å². The van der Waals surface area contributed by atoms with Gasteiger partial charge < -0.3 is 15.2 Å². The van der Waals surface area contributed by atoms with Gasteiger partial charge in [-0.1, -0.05) is 11.6 Å². The van der Waals surface area contributed by atoms with Crippen molar-refractivity contribution in [2.24, 2.45) is 0 Å². The van der Waals surface area contributed by atoms with E-state index in [0.29, 0.717) is 28.0 Å². The van der Waals surface area contributed by atoms with Gasteiger partial charge in [0.05, 0.1) is 10.9 Å². The van der Waals surface area contributed by atoms with Crippen LogP contribution in [0.5, 0.6) is 5.75 Å². The monoisotopic (exact) mass is 474 g/mol. The molecule has 11 heteroatoms. The number of nitrogen functional groups attached to an aromatic ring is 1. The zero-order valence-electron chi connectivity index (χ0n) is 18.3. The molecule has 0 bridgehead atoms. The van der Waals surface area contributed by atoms with Crippen LogP contribution in [0, 0.1) is 11.6 Å². The Morgan fingerprint density at radius 2 is 1.82 bits per heavy atom. The molecule has 0 saturated carbocycles. The summed E-state index contributed by atoms with van der Waals surface area (Å²) in [6.45, 7) is 5.48. The Morgan fingerprint density at radius 3 is 2.55 bits per heavy atom. The highest BCUT2D eigenvalue weighted by atomic mass is 35.5. The zero-order chi connectivity index (χ0) is 23.9. The molecule has 0 fully saturated rings. The number of benzene rings is 2. The minimum atomic E-state index is -0.896. The van der Waals surface area contributed by atoms with Gasteiger partial charge in [-0.25, -0.2) is 28.4 Å². The molecule has 8 nitrogen and oxygen atoms in total. The molecule has 2 aromatic carbocycles. The number of fused-ring (bicyclic) bond motifs is 1. The van der Waals surface area contributed by atoms with Crippen molar-refractivity contribution in [2.75, 3.05) is 12.8 Å². The van der Waals surface area contributed by atoms with Crippen molar-refractivity contribution in [3.05, 3.63) is 59.4 Å². The molecule has 0 saturated heterocycles. The maximum Gasteiger partial charge on any atom is 0.191 e. The van der Waals surface area contributed by atoms with E-state index in [1.807, 2.05) is 13.8 Å². The lowest BCUT2D eigenvalue weighted by molar-refractivity contribution is -0.0556. The molecule has 0 radical (unpaired) electrons. The smallest absolute Gasteiger partial charge is 0.191 e. The topological polar surface area (TPSA) is 101 Å². The van der Waals surface area contributed by atoms with Crippen molar-refractivity contribution in [3.8, 4) is 16.9 Å². The van der Waals surface area contributed by atoms with Gasteiger partial charge in [0.2, 0.25) is 0 Å². The Balaban J connectivity index is 1.77. The van der Waals surface area contributed by atoms with E-state index in [1.54, 1.807) is 37.2 Å². The quantitative estimate of drug-likeness (QED) is 0.397. The van der Waals surface area contributed by atoms with Crippen LogP contribution in [0.2, 0.25) is 5.02 Å². The van der Waals surface area contributed by atoms with Crippen molar-refractivity contribution in [2.45, 2.75) is 32.6 Å². The molecule has 0 aliphatic rings. The summed E-state index contributed by atoms with van der Waals surface area (Å²) in [6, 6.07) is 5.60. The van der Waals surface area contributed by atoms with Crippen molar-refractivity contribution in [3.63, 3.8) is 0 Å². The molecule has 4 rings (SSSR count). The Bertz CT molecular complexity index is 1340. The van der Waals surface area contributed by atoms with E-state index in [-0.39, 0.29) is 11.4 Å². The normalized spacial score (nSPS) is 12.8. The van der Waals surface area contributed by atoms with Gasteiger partial charge in [-0.15, -0.1) is 5.10 Å². The van der Waals surface area contributed by atoms with Gasteiger partial charge in [0.15, 0.2) is 23.5 Å². The van der Waals surface area contributed by atoms with Crippen molar-refractivity contribution in [1.29, 1.82) is 0 Å². The summed E-state index contributed by atoms with van der Waals surface area (Å²) in [6.07, 6.45) is 2.25. The molecular formula is C22H21ClF2N6O2. The van der Waals surface area contributed by atoms with Gasteiger partial charge in [-0.2, -0.15) is 0 Å². The van der Waals surface area contributed by atoms with Gasteiger partial charge in [0, 0.05) is 18.2 Å². The van der Waals surface area contributed by atoms with Crippen molar-refractivity contribution < 1.29 is 18.3 Å². The highest BCUT2D eigenvalue weighted by Crippen LogP contribution is 2.39. The van der Waals surface area contributed by atoms with Crippen LogP contribution in [0.15, 0.2) is 36.9 Å². The molecule has 0 spiro atoms. The second-order valence-electron chi connectivity index (χ2n) is 7.77. The molecule has 0 amide bonds. The average molecular weight is 475 g/mol. The molecule has 33 heavy (non-hydrogen) atoms. The predicted molar refractivity (Wildman–Crippen MR) is 120 cm³/mol. The highest BCUT2D eigenvalue weighted by Gasteiger charge is 2.24. The highest BCUT2D eigenvalue weighted by molar-refractivity contribution is 6.31. The number of nitrogens with zero attached hydrogens (tertiary/aromatic N) is 5. The van der Waals surface area contributed by atoms with Gasteiger partial charge in [0.25, 0.3) is 0 Å². The fourth-order valence-electron chi connectivity index (χ4n) is 3.28. The first-order valence-corrected chi connectivity index (χ1v) is 10.3. The minimum absolute atomic E-state index is 0.0753. The SMILES string of the molecule is COC(C)(C)n1cnc([C@@H](C)Oc2ccc(-c3ccc(F)c(Cl)c3F)c3ncnc(N)c23)n1. The third kappa shape index (κ3) is 4.07. The van der Waals surface area contributed by atoms with Gasteiger partial charge >= 0.3 is 0 Å². The lowest BCUT2D eigenvalue weighted by atomic mass is 10.0. The number of nitrogens with two attached hydrogens (primary N) is 1. The first kappa shape index (κ1) is 22.8. The van der Waals surface area contributed by atoms with E-state index in [9.17, 15) is 8.78 Å². The van der Waals surface area contributed by atoms with Crippen molar-refractivity contribution in [1.82, 2.24) is 24.7 Å². The summed E-state index contributed by atoms with van der Waals surface area (Å²) in [7, 11) is 1.58. The molecule has 4 aromatic rings. The molecule has 2 N–H and O–H groups in total. The first-order chi connectivity index (χ1) is 15.6. The lowest BCUT2D eigenvalue weighted by Crippen LogP contribution is -2.29. The number of rotatable bonds is 6. The molecule has 0 aliphatic heterocycles. The van der Waals surface area contributed by atoms with E-state index >= 15 is 0 Å². The maximum atomic E-state index is 14.7. The van der Waals surface area contributed by atoms with Crippen LogP contribution < -0.4 is 10.5 Å². The number of hydrogen-bond acceptors (Lipinski definition) is 7. The minimum Gasteiger partial charge on any atom is -0.482 e. The third-order valence-electron chi connectivity index (χ3n) is 5.33. The van der Waals surface area contributed by atoms with Crippen LogP contribution in [-0.4, -0.2) is 31.8 Å². The number of methoxy groups -OCH3 is 1. The number of halogens is 3. The molecular weight excluding hydrogens is 454 g/mol. The van der Waals surface area contributed by atoms with Gasteiger partial charge in [-0.3, -0.25) is 0 Å². The second-order valence-corrected chi connectivity index (χ2v) is 8.15. The Kier molecular flexibility index (Phi) is 5.89. The van der Waals surface area contributed by atoms with Crippen molar-refractivity contribution >= 4 is 28.3 Å². The van der Waals surface area contributed by atoms with Crippen LogP contribution in [0.25, 0.3) is 22.0 Å². The van der Waals surface area contributed by atoms with Gasteiger partial charge in [-0.05, 0) is 45.0 Å². The van der Waals surface area contributed by atoms with E-state index in [2.05, 4.69) is 20.1 Å². The molecule has 172 valence electrons. The average Bonchev–Trinajstić information content (AvgIpc) is 3.30. The molecule has 0 unspecified atom stereocenters. The summed E-state index contributed by atoms with van der Waals surface area (Å²) in [5.74, 6) is -0.836. The standard InChI is InChI=1S/C22H21ClF2N6O2/c1-11(21-29-10-31(30-21)22(2,3)32-4)33-15-8-6-13(19-16(15)20(26)28-9-27-19)12-5-7-14(24)17(23)18(12)25/h5-11H,1-4H3,(H2,26,27,28)/t11-/m1/s1. The molecule has 2 heterocycles. The Morgan fingerprint density at radius 1 is 1.09 bits per heavy atom. The summed E-state index contributed by atoms with van der Waals surface area (Å²) >= 11 is 5.77. The largest absolute Gasteiger partial charge is 0.482 e. The lowest BCUT2D eigenvalue weighted by Gasteiger charge is -2.22. The second kappa shape index (κ2) is 8.53. The summed E-state index contributed by atoms with van der Waals surface area (Å²) in [5, 5.41) is 4.21. The maximum absolute atomic E-state index is 14.7.